The van der Waals surface area contributed by atoms with E-state index in [-0.39, 0.29) is 4.90 Å². The molecule has 0 fully saturated rings. The molecule has 0 saturated carbocycles. The molecule has 5 heteroatoms. The fourth-order valence-corrected chi connectivity index (χ4v) is 2.41. The first-order valence-corrected chi connectivity index (χ1v) is 6.10. The van der Waals surface area contributed by atoms with Gasteiger partial charge in [-0.3, -0.25) is 0 Å². The summed E-state index contributed by atoms with van der Waals surface area (Å²) >= 11 is 0. The number of anilines is 1. The van der Waals surface area contributed by atoms with Crippen molar-refractivity contribution in [3.8, 4) is 0 Å². The minimum absolute atomic E-state index is 0.179. The van der Waals surface area contributed by atoms with Crippen molar-refractivity contribution in [2.75, 3.05) is 12.4 Å². The summed E-state index contributed by atoms with van der Waals surface area (Å²) in [6.07, 6.45) is 0. The molecular weight excluding hydrogens is 226 g/mol. The van der Waals surface area contributed by atoms with Gasteiger partial charge in [-0.2, -0.15) is 0 Å². The first-order valence-electron chi connectivity index (χ1n) is 4.69. The van der Waals surface area contributed by atoms with Crippen LogP contribution >= 0.6 is 0 Å². The summed E-state index contributed by atoms with van der Waals surface area (Å²) in [7, 11) is -2.69. The SMILES string of the molecule is CNc1cccc2c(S(=O)(=O)[O-])cccc12. The van der Waals surface area contributed by atoms with Crippen LogP contribution in [-0.2, 0) is 10.1 Å². The first kappa shape index (κ1) is 10.9. The van der Waals surface area contributed by atoms with E-state index in [9.17, 15) is 13.0 Å². The van der Waals surface area contributed by atoms with Gasteiger partial charge in [0.2, 0.25) is 0 Å². The minimum atomic E-state index is -4.43. The number of nitrogens with one attached hydrogen (secondary N) is 1. The van der Waals surface area contributed by atoms with Gasteiger partial charge in [0.15, 0.2) is 0 Å². The van der Waals surface area contributed by atoms with Crippen LogP contribution in [0.2, 0.25) is 0 Å². The van der Waals surface area contributed by atoms with Crippen LogP contribution in [0.15, 0.2) is 41.3 Å². The molecule has 16 heavy (non-hydrogen) atoms. The zero-order chi connectivity index (χ0) is 11.8. The third-order valence-corrected chi connectivity index (χ3v) is 3.32. The molecule has 0 spiro atoms. The Morgan fingerprint density at radius 3 is 2.31 bits per heavy atom. The largest absolute Gasteiger partial charge is 0.744 e. The number of fused-ring (bicyclic) bond motifs is 1. The number of benzene rings is 2. The highest BCUT2D eigenvalue weighted by Gasteiger charge is 2.08. The summed E-state index contributed by atoms with van der Waals surface area (Å²) in [5, 5.41) is 4.12. The molecule has 0 radical (unpaired) electrons. The topological polar surface area (TPSA) is 69.2 Å². The van der Waals surface area contributed by atoms with E-state index in [0.29, 0.717) is 5.39 Å². The predicted molar refractivity (Wildman–Crippen MR) is 61.5 cm³/mol. The Bertz CT molecular complexity index is 635. The van der Waals surface area contributed by atoms with Crippen LogP contribution in [0.1, 0.15) is 0 Å². The maximum absolute atomic E-state index is 11.1. The summed E-state index contributed by atoms with van der Waals surface area (Å²) < 4.78 is 33.2. The Kier molecular flexibility index (Phi) is 2.57. The molecule has 84 valence electrons. The van der Waals surface area contributed by atoms with Gasteiger partial charge in [-0.15, -0.1) is 0 Å². The lowest BCUT2D eigenvalue weighted by molar-refractivity contribution is 0.464. The zero-order valence-electron chi connectivity index (χ0n) is 8.60. The van der Waals surface area contributed by atoms with Gasteiger partial charge < -0.3 is 9.87 Å². The lowest BCUT2D eigenvalue weighted by atomic mass is 10.1. The van der Waals surface area contributed by atoms with Crippen molar-refractivity contribution in [1.82, 2.24) is 0 Å². The van der Waals surface area contributed by atoms with Crippen molar-refractivity contribution in [2.45, 2.75) is 4.90 Å². The van der Waals surface area contributed by atoms with E-state index in [0.717, 1.165) is 11.1 Å². The van der Waals surface area contributed by atoms with E-state index in [2.05, 4.69) is 5.32 Å². The van der Waals surface area contributed by atoms with Crippen LogP contribution in [0.4, 0.5) is 5.69 Å². The fourth-order valence-electron chi connectivity index (χ4n) is 1.72. The molecule has 0 saturated heterocycles. The van der Waals surface area contributed by atoms with E-state index >= 15 is 0 Å². The number of rotatable bonds is 2. The van der Waals surface area contributed by atoms with Crippen molar-refractivity contribution < 1.29 is 13.0 Å². The normalized spacial score (nSPS) is 11.6. The molecule has 0 bridgehead atoms. The number of hydrogen-bond donors (Lipinski definition) is 1. The second-order valence-corrected chi connectivity index (χ2v) is 4.71. The van der Waals surface area contributed by atoms with E-state index < -0.39 is 10.1 Å². The van der Waals surface area contributed by atoms with Crippen LogP contribution < -0.4 is 5.32 Å². The van der Waals surface area contributed by atoms with Gasteiger partial charge in [-0.1, -0.05) is 24.3 Å². The van der Waals surface area contributed by atoms with Gasteiger partial charge in [-0.25, -0.2) is 8.42 Å². The van der Waals surface area contributed by atoms with Gasteiger partial charge in [-0.05, 0) is 12.1 Å². The van der Waals surface area contributed by atoms with Crippen LogP contribution in [0.3, 0.4) is 0 Å². The van der Waals surface area contributed by atoms with Crippen LogP contribution in [0.25, 0.3) is 10.8 Å². The average Bonchev–Trinajstić information content (AvgIpc) is 2.26. The summed E-state index contributed by atoms with van der Waals surface area (Å²) in [6, 6.07) is 9.82. The Morgan fingerprint density at radius 1 is 1.06 bits per heavy atom. The second-order valence-electron chi connectivity index (χ2n) is 3.36. The molecule has 0 aromatic heterocycles. The Balaban J connectivity index is 2.90. The second kappa shape index (κ2) is 3.77. The van der Waals surface area contributed by atoms with Gasteiger partial charge in [0.25, 0.3) is 0 Å². The Morgan fingerprint density at radius 2 is 1.69 bits per heavy atom. The van der Waals surface area contributed by atoms with Gasteiger partial charge >= 0.3 is 0 Å². The number of hydrogen-bond acceptors (Lipinski definition) is 4. The highest BCUT2D eigenvalue weighted by atomic mass is 32.2. The molecule has 2 aromatic carbocycles. The molecule has 2 aromatic rings. The lowest BCUT2D eigenvalue weighted by Gasteiger charge is -2.12. The molecule has 4 nitrogen and oxygen atoms in total. The van der Waals surface area contributed by atoms with E-state index in [1.54, 1.807) is 31.3 Å². The Hall–Kier alpha value is -1.59. The van der Waals surface area contributed by atoms with Gasteiger partial charge in [0, 0.05) is 23.5 Å². The summed E-state index contributed by atoms with van der Waals surface area (Å²) in [5.74, 6) is 0. The lowest BCUT2D eigenvalue weighted by Crippen LogP contribution is -2.00. The molecule has 0 amide bonds. The van der Waals surface area contributed by atoms with Gasteiger partial charge in [0.05, 0.1) is 4.90 Å². The first-order chi connectivity index (χ1) is 7.54. The quantitative estimate of drug-likeness (QED) is 0.807. The summed E-state index contributed by atoms with van der Waals surface area (Å²) in [4.78, 5) is -0.179. The molecule has 0 atom stereocenters. The van der Waals surface area contributed by atoms with Crippen LogP contribution in [-0.4, -0.2) is 20.0 Å². The Labute approximate surface area is 93.7 Å². The zero-order valence-corrected chi connectivity index (χ0v) is 9.41. The molecule has 1 N–H and O–H groups in total. The van der Waals surface area contributed by atoms with Gasteiger partial charge in [0.1, 0.15) is 10.1 Å². The monoisotopic (exact) mass is 236 g/mol. The van der Waals surface area contributed by atoms with Crippen molar-refractivity contribution in [1.29, 1.82) is 0 Å². The third-order valence-electron chi connectivity index (χ3n) is 2.42. The maximum atomic E-state index is 11.1. The molecule has 2 rings (SSSR count). The molecule has 0 aliphatic rings. The van der Waals surface area contributed by atoms with Crippen molar-refractivity contribution in [3.05, 3.63) is 36.4 Å². The fraction of sp³-hybridized carbons (Fsp3) is 0.0909. The van der Waals surface area contributed by atoms with Crippen LogP contribution in [0, 0.1) is 0 Å². The molecular formula is C11H10NO3S-. The molecule has 0 unspecified atom stereocenters. The van der Waals surface area contributed by atoms with Crippen molar-refractivity contribution in [3.63, 3.8) is 0 Å². The predicted octanol–water partition coefficient (Wildman–Crippen LogP) is 1.79. The van der Waals surface area contributed by atoms with Crippen molar-refractivity contribution in [2.24, 2.45) is 0 Å². The summed E-state index contributed by atoms with van der Waals surface area (Å²) in [6.45, 7) is 0. The smallest absolute Gasteiger partial charge is 0.125 e. The minimum Gasteiger partial charge on any atom is -0.744 e. The van der Waals surface area contributed by atoms with E-state index in [1.807, 2.05) is 6.07 Å². The van der Waals surface area contributed by atoms with E-state index in [1.165, 1.54) is 6.07 Å². The standard InChI is InChI=1S/C11H11NO3S/c1-12-10-6-2-5-9-8(10)4-3-7-11(9)16(13,14)15/h2-7,12H,1H3,(H,13,14,15)/p-1. The highest BCUT2D eigenvalue weighted by Crippen LogP contribution is 2.28. The average molecular weight is 236 g/mol. The molecule has 0 heterocycles. The highest BCUT2D eigenvalue weighted by molar-refractivity contribution is 7.86. The van der Waals surface area contributed by atoms with Crippen molar-refractivity contribution >= 4 is 26.6 Å². The van der Waals surface area contributed by atoms with E-state index in [4.69, 9.17) is 0 Å². The molecule has 0 aliphatic heterocycles. The maximum Gasteiger partial charge on any atom is 0.125 e. The summed E-state index contributed by atoms with van der Waals surface area (Å²) in [5.41, 5.74) is 0.794. The molecule has 0 aliphatic carbocycles. The van der Waals surface area contributed by atoms with Crippen LogP contribution in [0.5, 0.6) is 0 Å². The third kappa shape index (κ3) is 1.75.